The van der Waals surface area contributed by atoms with E-state index in [-0.39, 0.29) is 5.75 Å². The monoisotopic (exact) mass is 302 g/mol. The standard InChI is InChI=1S/C16H21F3O2/c1-2-4-12-7-9-15(20,10-8-12)13-5-3-6-14(11-13)21-16(17,18)19/h3,5-6,11-12,20H,2,4,7-10H2,1H3. The fourth-order valence-electron chi connectivity index (χ4n) is 3.12. The van der Waals surface area contributed by atoms with Gasteiger partial charge in [0.15, 0.2) is 0 Å². The highest BCUT2D eigenvalue weighted by atomic mass is 19.4. The van der Waals surface area contributed by atoms with Crippen molar-refractivity contribution in [2.24, 2.45) is 5.92 Å². The first-order chi connectivity index (χ1) is 9.82. The van der Waals surface area contributed by atoms with Crippen LogP contribution in [0.25, 0.3) is 0 Å². The molecule has 0 amide bonds. The first kappa shape index (κ1) is 16.1. The second-order valence-electron chi connectivity index (χ2n) is 5.84. The van der Waals surface area contributed by atoms with Gasteiger partial charge in [0.25, 0.3) is 0 Å². The summed E-state index contributed by atoms with van der Waals surface area (Å²) in [5, 5.41) is 10.7. The molecular weight excluding hydrogens is 281 g/mol. The van der Waals surface area contributed by atoms with Crippen LogP contribution in [0.4, 0.5) is 13.2 Å². The normalized spacial score (nSPS) is 26.6. The quantitative estimate of drug-likeness (QED) is 0.868. The number of alkyl halides is 3. The summed E-state index contributed by atoms with van der Waals surface area (Å²) in [5.41, 5.74) is -0.519. The Bertz CT molecular complexity index is 463. The molecule has 1 saturated carbocycles. The van der Waals surface area contributed by atoms with E-state index in [1.54, 1.807) is 6.07 Å². The number of benzene rings is 1. The van der Waals surface area contributed by atoms with E-state index in [4.69, 9.17) is 0 Å². The fraction of sp³-hybridized carbons (Fsp3) is 0.625. The van der Waals surface area contributed by atoms with E-state index in [1.807, 2.05) is 0 Å². The lowest BCUT2D eigenvalue weighted by molar-refractivity contribution is -0.274. The van der Waals surface area contributed by atoms with Crippen LogP contribution < -0.4 is 4.74 Å². The lowest BCUT2D eigenvalue weighted by atomic mass is 9.74. The molecule has 0 unspecified atom stereocenters. The molecule has 1 N–H and O–H groups in total. The highest BCUT2D eigenvalue weighted by molar-refractivity contribution is 5.32. The molecule has 2 rings (SSSR count). The lowest BCUT2D eigenvalue weighted by Crippen LogP contribution is -2.31. The van der Waals surface area contributed by atoms with Crippen molar-refractivity contribution >= 4 is 0 Å². The number of aliphatic hydroxyl groups is 1. The molecule has 0 bridgehead atoms. The zero-order valence-corrected chi connectivity index (χ0v) is 12.1. The maximum absolute atomic E-state index is 12.3. The average Bonchev–Trinajstić information content (AvgIpc) is 2.40. The maximum atomic E-state index is 12.3. The first-order valence-electron chi connectivity index (χ1n) is 7.41. The summed E-state index contributed by atoms with van der Waals surface area (Å²) in [6, 6.07) is 5.71. The van der Waals surface area contributed by atoms with E-state index in [0.717, 1.165) is 25.7 Å². The molecule has 5 heteroatoms. The predicted octanol–water partition coefficient (Wildman–Crippen LogP) is 4.76. The van der Waals surface area contributed by atoms with Crippen molar-refractivity contribution in [3.8, 4) is 5.75 Å². The van der Waals surface area contributed by atoms with Gasteiger partial charge in [-0.3, -0.25) is 0 Å². The lowest BCUT2D eigenvalue weighted by Gasteiger charge is -2.36. The molecule has 0 radical (unpaired) electrons. The van der Waals surface area contributed by atoms with Crippen molar-refractivity contribution in [3.63, 3.8) is 0 Å². The van der Waals surface area contributed by atoms with Crippen LogP contribution in [-0.2, 0) is 5.60 Å². The van der Waals surface area contributed by atoms with Gasteiger partial charge in [-0.25, -0.2) is 0 Å². The average molecular weight is 302 g/mol. The third-order valence-corrected chi connectivity index (χ3v) is 4.23. The molecule has 118 valence electrons. The van der Waals surface area contributed by atoms with Crippen molar-refractivity contribution in [1.82, 2.24) is 0 Å². The molecule has 0 aliphatic heterocycles. The Kier molecular flexibility index (Phi) is 4.81. The number of ether oxygens (including phenoxy) is 1. The molecular formula is C16H21F3O2. The molecule has 2 nitrogen and oxygen atoms in total. The molecule has 21 heavy (non-hydrogen) atoms. The van der Waals surface area contributed by atoms with Gasteiger partial charge in [-0.05, 0) is 49.3 Å². The number of halogens is 3. The summed E-state index contributed by atoms with van der Waals surface area (Å²) in [5.74, 6) is 0.342. The third kappa shape index (κ3) is 4.37. The molecule has 1 aromatic carbocycles. The number of rotatable bonds is 4. The molecule has 1 aromatic rings. The molecule has 1 fully saturated rings. The number of hydrogen-bond donors (Lipinski definition) is 1. The van der Waals surface area contributed by atoms with Crippen LogP contribution in [0.1, 0.15) is 51.0 Å². The Morgan fingerprint density at radius 2 is 1.95 bits per heavy atom. The summed E-state index contributed by atoms with van der Waals surface area (Å²) < 4.78 is 40.7. The van der Waals surface area contributed by atoms with Crippen molar-refractivity contribution in [2.45, 2.75) is 57.4 Å². The van der Waals surface area contributed by atoms with Crippen LogP contribution in [0.3, 0.4) is 0 Å². The van der Waals surface area contributed by atoms with E-state index in [1.165, 1.54) is 18.2 Å². The Morgan fingerprint density at radius 3 is 2.52 bits per heavy atom. The highest BCUT2D eigenvalue weighted by Crippen LogP contribution is 2.41. The van der Waals surface area contributed by atoms with E-state index in [2.05, 4.69) is 11.7 Å². The van der Waals surface area contributed by atoms with Crippen molar-refractivity contribution in [3.05, 3.63) is 29.8 Å². The van der Waals surface area contributed by atoms with Gasteiger partial charge in [-0.1, -0.05) is 31.9 Å². The molecule has 0 spiro atoms. The largest absolute Gasteiger partial charge is 0.573 e. The first-order valence-corrected chi connectivity index (χ1v) is 7.41. The van der Waals surface area contributed by atoms with Crippen LogP contribution in [0.5, 0.6) is 5.75 Å². The van der Waals surface area contributed by atoms with Gasteiger partial charge in [0.05, 0.1) is 5.60 Å². The van der Waals surface area contributed by atoms with Gasteiger partial charge in [0.1, 0.15) is 5.75 Å². The second-order valence-corrected chi connectivity index (χ2v) is 5.84. The molecule has 1 aliphatic carbocycles. The van der Waals surface area contributed by atoms with Crippen LogP contribution in [-0.4, -0.2) is 11.5 Å². The van der Waals surface area contributed by atoms with Gasteiger partial charge in [0, 0.05) is 0 Å². The maximum Gasteiger partial charge on any atom is 0.573 e. The zero-order chi connectivity index (χ0) is 15.5. The Morgan fingerprint density at radius 1 is 1.29 bits per heavy atom. The molecule has 0 atom stereocenters. The van der Waals surface area contributed by atoms with Crippen molar-refractivity contribution in [2.75, 3.05) is 0 Å². The molecule has 0 heterocycles. The van der Waals surface area contributed by atoms with E-state index in [9.17, 15) is 18.3 Å². The summed E-state index contributed by atoms with van der Waals surface area (Å²) in [6.07, 6.45) is 0.564. The van der Waals surface area contributed by atoms with Crippen LogP contribution in [0, 0.1) is 5.92 Å². The summed E-state index contributed by atoms with van der Waals surface area (Å²) in [7, 11) is 0. The summed E-state index contributed by atoms with van der Waals surface area (Å²) >= 11 is 0. The topological polar surface area (TPSA) is 29.5 Å². The second kappa shape index (κ2) is 6.26. The zero-order valence-electron chi connectivity index (χ0n) is 12.1. The Labute approximate surface area is 122 Å². The van der Waals surface area contributed by atoms with Crippen LogP contribution in [0.15, 0.2) is 24.3 Å². The van der Waals surface area contributed by atoms with Gasteiger partial charge < -0.3 is 9.84 Å². The van der Waals surface area contributed by atoms with E-state index < -0.39 is 12.0 Å². The van der Waals surface area contributed by atoms with Gasteiger partial charge in [0.2, 0.25) is 0 Å². The van der Waals surface area contributed by atoms with Gasteiger partial charge in [-0.2, -0.15) is 0 Å². The Balaban J connectivity index is 2.09. The van der Waals surface area contributed by atoms with E-state index in [0.29, 0.717) is 24.3 Å². The molecule has 1 aliphatic rings. The minimum atomic E-state index is -4.71. The predicted molar refractivity (Wildman–Crippen MR) is 73.9 cm³/mol. The highest BCUT2D eigenvalue weighted by Gasteiger charge is 2.36. The smallest absolute Gasteiger partial charge is 0.406 e. The van der Waals surface area contributed by atoms with Crippen molar-refractivity contribution in [1.29, 1.82) is 0 Å². The summed E-state index contributed by atoms with van der Waals surface area (Å²) in [4.78, 5) is 0. The molecule has 0 aromatic heterocycles. The number of hydrogen-bond acceptors (Lipinski definition) is 2. The summed E-state index contributed by atoms with van der Waals surface area (Å²) in [6.45, 7) is 2.14. The minimum Gasteiger partial charge on any atom is -0.406 e. The molecule has 0 saturated heterocycles. The van der Waals surface area contributed by atoms with Crippen LogP contribution >= 0.6 is 0 Å². The van der Waals surface area contributed by atoms with Crippen LogP contribution in [0.2, 0.25) is 0 Å². The fourth-order valence-corrected chi connectivity index (χ4v) is 3.12. The SMILES string of the molecule is CCCC1CCC(O)(c2cccc(OC(F)(F)F)c2)CC1. The van der Waals surface area contributed by atoms with E-state index >= 15 is 0 Å². The minimum absolute atomic E-state index is 0.274. The third-order valence-electron chi connectivity index (χ3n) is 4.23. The van der Waals surface area contributed by atoms with Gasteiger partial charge >= 0.3 is 6.36 Å². The van der Waals surface area contributed by atoms with Crippen molar-refractivity contribution < 1.29 is 23.0 Å². The van der Waals surface area contributed by atoms with Gasteiger partial charge in [-0.15, -0.1) is 13.2 Å². The Hall–Kier alpha value is -1.23.